The first-order chi connectivity index (χ1) is 11.9. The van der Waals surface area contributed by atoms with E-state index in [1.807, 2.05) is 7.05 Å². The molecule has 11 heteroatoms. The molecule has 1 aliphatic heterocycles. The summed E-state index contributed by atoms with van der Waals surface area (Å²) < 4.78 is 26.4. The molecule has 2 aromatic rings. The summed E-state index contributed by atoms with van der Waals surface area (Å²) in [5.74, 6) is -0.406. The van der Waals surface area contributed by atoms with E-state index < -0.39 is 15.9 Å². The number of anilines is 1. The van der Waals surface area contributed by atoms with Crippen molar-refractivity contribution >= 4 is 44.0 Å². The van der Waals surface area contributed by atoms with E-state index >= 15 is 0 Å². The van der Waals surface area contributed by atoms with Gasteiger partial charge in [-0.2, -0.15) is 4.31 Å². The molecule has 1 fully saturated rings. The number of nitrogens with one attached hydrogen (secondary N) is 1. The largest absolute Gasteiger partial charge is 0.304 e. The summed E-state index contributed by atoms with van der Waals surface area (Å²) in [6.07, 6.45) is 0. The van der Waals surface area contributed by atoms with E-state index in [0.29, 0.717) is 36.8 Å². The highest BCUT2D eigenvalue weighted by molar-refractivity contribution is 7.91. The SMILES string of the molecule is CN1CCN(S(=O)(=O)c2nnc(NC(=O)c3ccc(Cl)cc3)s2)CC1. The molecule has 1 aromatic carbocycles. The van der Waals surface area contributed by atoms with Crippen molar-refractivity contribution in [2.24, 2.45) is 0 Å². The molecule has 1 amide bonds. The first-order valence-corrected chi connectivity index (χ1v) is 10.1. The Morgan fingerprint density at radius 1 is 1.16 bits per heavy atom. The molecule has 134 valence electrons. The predicted octanol–water partition coefficient (Wildman–Crippen LogP) is 1.38. The highest BCUT2D eigenvalue weighted by atomic mass is 35.5. The molecule has 1 saturated heterocycles. The van der Waals surface area contributed by atoms with Crippen LogP contribution >= 0.6 is 22.9 Å². The van der Waals surface area contributed by atoms with Gasteiger partial charge in [-0.15, -0.1) is 10.2 Å². The molecule has 0 atom stereocenters. The standard InChI is InChI=1S/C14H16ClN5O3S2/c1-19-6-8-20(9-7-19)25(22,23)14-18-17-13(24-14)16-12(21)10-2-4-11(15)5-3-10/h2-5H,6-9H2,1H3,(H,16,17,21). The number of carbonyl (C=O) groups excluding carboxylic acids is 1. The fourth-order valence-corrected chi connectivity index (χ4v) is 4.86. The van der Waals surface area contributed by atoms with Crippen LogP contribution in [0, 0.1) is 0 Å². The number of amides is 1. The zero-order valence-electron chi connectivity index (χ0n) is 13.3. The summed E-state index contributed by atoms with van der Waals surface area (Å²) in [7, 11) is -1.74. The fraction of sp³-hybridized carbons (Fsp3) is 0.357. The van der Waals surface area contributed by atoms with Crippen LogP contribution in [0.3, 0.4) is 0 Å². The second-order valence-electron chi connectivity index (χ2n) is 5.54. The van der Waals surface area contributed by atoms with Crippen LogP contribution in [0.25, 0.3) is 0 Å². The van der Waals surface area contributed by atoms with E-state index in [9.17, 15) is 13.2 Å². The molecule has 0 aliphatic carbocycles. The number of aromatic nitrogens is 2. The molecular weight excluding hydrogens is 386 g/mol. The smallest absolute Gasteiger partial charge is 0.272 e. The van der Waals surface area contributed by atoms with Crippen LogP contribution in [0.4, 0.5) is 5.13 Å². The number of piperazine rings is 1. The van der Waals surface area contributed by atoms with Gasteiger partial charge in [-0.25, -0.2) is 8.42 Å². The van der Waals surface area contributed by atoms with Crippen molar-refractivity contribution in [2.45, 2.75) is 4.34 Å². The van der Waals surface area contributed by atoms with Crippen LogP contribution in [0.2, 0.25) is 5.02 Å². The van der Waals surface area contributed by atoms with Crippen molar-refractivity contribution < 1.29 is 13.2 Å². The van der Waals surface area contributed by atoms with Crippen LogP contribution in [-0.4, -0.2) is 67.0 Å². The number of hydrogen-bond donors (Lipinski definition) is 1. The maximum absolute atomic E-state index is 12.6. The lowest BCUT2D eigenvalue weighted by Gasteiger charge is -2.30. The van der Waals surface area contributed by atoms with Crippen LogP contribution < -0.4 is 5.32 Å². The van der Waals surface area contributed by atoms with E-state index in [2.05, 4.69) is 20.4 Å². The van der Waals surface area contributed by atoms with Crippen molar-refractivity contribution in [1.82, 2.24) is 19.4 Å². The average molecular weight is 402 g/mol. The van der Waals surface area contributed by atoms with Crippen molar-refractivity contribution in [1.29, 1.82) is 0 Å². The Kier molecular flexibility index (Phi) is 5.35. The molecule has 8 nitrogen and oxygen atoms in total. The van der Waals surface area contributed by atoms with Gasteiger partial charge in [0.15, 0.2) is 0 Å². The van der Waals surface area contributed by atoms with Crippen LogP contribution in [-0.2, 0) is 10.0 Å². The number of likely N-dealkylation sites (N-methyl/N-ethyl adjacent to an activating group) is 1. The molecular formula is C14H16ClN5O3S2. The zero-order chi connectivity index (χ0) is 18.0. The maximum Gasteiger partial charge on any atom is 0.272 e. The summed E-state index contributed by atoms with van der Waals surface area (Å²) in [4.78, 5) is 14.2. The minimum absolute atomic E-state index is 0.122. The Labute approximate surface area is 154 Å². The molecule has 0 radical (unpaired) electrons. The van der Waals surface area contributed by atoms with Crippen molar-refractivity contribution in [3.8, 4) is 0 Å². The molecule has 0 bridgehead atoms. The first kappa shape index (κ1) is 18.2. The van der Waals surface area contributed by atoms with Gasteiger partial charge in [0.05, 0.1) is 0 Å². The van der Waals surface area contributed by atoms with Crippen molar-refractivity contribution in [2.75, 3.05) is 38.5 Å². The topological polar surface area (TPSA) is 95.5 Å². The first-order valence-electron chi connectivity index (χ1n) is 7.45. The Morgan fingerprint density at radius 3 is 2.44 bits per heavy atom. The van der Waals surface area contributed by atoms with Crippen LogP contribution in [0.5, 0.6) is 0 Å². The number of sulfonamides is 1. The number of halogens is 1. The molecule has 3 rings (SSSR count). The molecule has 1 aromatic heterocycles. The minimum Gasteiger partial charge on any atom is -0.304 e. The van der Waals surface area contributed by atoms with Gasteiger partial charge in [-0.3, -0.25) is 10.1 Å². The van der Waals surface area contributed by atoms with Crippen molar-refractivity contribution in [3.05, 3.63) is 34.9 Å². The van der Waals surface area contributed by atoms with Crippen LogP contribution in [0.15, 0.2) is 28.6 Å². The molecule has 0 spiro atoms. The summed E-state index contributed by atoms with van der Waals surface area (Å²) in [5.41, 5.74) is 0.392. The lowest BCUT2D eigenvalue weighted by atomic mass is 10.2. The third-order valence-electron chi connectivity index (χ3n) is 3.76. The number of nitrogens with zero attached hydrogens (tertiary/aromatic N) is 4. The summed E-state index contributed by atoms with van der Waals surface area (Å²) in [6.45, 7) is 2.14. The van der Waals surface area contributed by atoms with Gasteiger partial charge in [-0.1, -0.05) is 22.9 Å². The molecule has 1 N–H and O–H groups in total. The fourth-order valence-electron chi connectivity index (χ4n) is 2.27. The van der Waals surface area contributed by atoms with Gasteiger partial charge < -0.3 is 4.90 Å². The molecule has 25 heavy (non-hydrogen) atoms. The third kappa shape index (κ3) is 4.15. The quantitative estimate of drug-likeness (QED) is 0.777. The predicted molar refractivity (Wildman–Crippen MR) is 95.6 cm³/mol. The molecule has 0 saturated carbocycles. The van der Waals surface area contributed by atoms with E-state index in [4.69, 9.17) is 11.6 Å². The normalized spacial score (nSPS) is 16.7. The monoisotopic (exact) mass is 401 g/mol. The summed E-state index contributed by atoms with van der Waals surface area (Å²) in [5, 5.41) is 10.7. The number of rotatable bonds is 4. The van der Waals surface area contributed by atoms with E-state index in [1.54, 1.807) is 24.3 Å². The zero-order valence-corrected chi connectivity index (χ0v) is 15.7. The Morgan fingerprint density at radius 2 is 1.80 bits per heavy atom. The Hall–Kier alpha value is -1.59. The lowest BCUT2D eigenvalue weighted by molar-refractivity contribution is 0.102. The number of hydrogen-bond acceptors (Lipinski definition) is 7. The number of benzene rings is 1. The summed E-state index contributed by atoms with van der Waals surface area (Å²) >= 11 is 6.62. The van der Waals surface area contributed by atoms with Gasteiger partial charge in [0.2, 0.25) is 9.47 Å². The van der Waals surface area contributed by atoms with Crippen LogP contribution in [0.1, 0.15) is 10.4 Å². The lowest BCUT2D eigenvalue weighted by Crippen LogP contribution is -2.46. The second kappa shape index (κ2) is 7.34. The Balaban J connectivity index is 1.71. The van der Waals surface area contributed by atoms with Gasteiger partial charge in [0, 0.05) is 36.8 Å². The average Bonchev–Trinajstić information content (AvgIpc) is 3.05. The van der Waals surface area contributed by atoms with Gasteiger partial charge in [-0.05, 0) is 31.3 Å². The van der Waals surface area contributed by atoms with Gasteiger partial charge in [0.25, 0.3) is 15.9 Å². The van der Waals surface area contributed by atoms with E-state index in [1.165, 1.54) is 4.31 Å². The third-order valence-corrected chi connectivity index (χ3v) is 7.09. The highest BCUT2D eigenvalue weighted by Gasteiger charge is 2.31. The second-order valence-corrected chi connectivity index (χ2v) is 9.07. The van der Waals surface area contributed by atoms with E-state index in [0.717, 1.165) is 11.3 Å². The van der Waals surface area contributed by atoms with Crippen molar-refractivity contribution in [3.63, 3.8) is 0 Å². The molecule has 1 aliphatic rings. The highest BCUT2D eigenvalue weighted by Crippen LogP contribution is 2.24. The minimum atomic E-state index is -3.69. The maximum atomic E-state index is 12.6. The Bertz CT molecular complexity index is 861. The molecule has 2 heterocycles. The number of carbonyl (C=O) groups is 1. The molecule has 0 unspecified atom stereocenters. The summed E-state index contributed by atoms with van der Waals surface area (Å²) in [6, 6.07) is 6.33. The van der Waals surface area contributed by atoms with Gasteiger partial charge in [0.1, 0.15) is 0 Å². The van der Waals surface area contributed by atoms with E-state index in [-0.39, 0.29) is 9.47 Å². The van der Waals surface area contributed by atoms with Gasteiger partial charge >= 0.3 is 0 Å².